The van der Waals surface area contributed by atoms with E-state index < -0.39 is 0 Å². The van der Waals surface area contributed by atoms with Crippen molar-refractivity contribution in [2.75, 3.05) is 13.7 Å². The number of methoxy groups -OCH3 is 1. The summed E-state index contributed by atoms with van der Waals surface area (Å²) in [6.45, 7) is 2.42. The van der Waals surface area contributed by atoms with E-state index in [9.17, 15) is 4.79 Å². The molecule has 0 aliphatic heterocycles. The highest BCUT2D eigenvalue weighted by atomic mass is 32.1. The molecule has 4 heteroatoms. The Kier molecular flexibility index (Phi) is 5.36. The first-order valence-electron chi connectivity index (χ1n) is 5.11. The highest BCUT2D eigenvalue weighted by Crippen LogP contribution is 2.22. The molecule has 1 aromatic rings. The number of esters is 1. The smallest absolute Gasteiger partial charge is 0.319 e. The quantitative estimate of drug-likeness (QED) is 0.758. The predicted octanol–water partition coefficient (Wildman–Crippen LogP) is 2.35. The van der Waals surface area contributed by atoms with Gasteiger partial charge in [0.2, 0.25) is 0 Å². The Morgan fingerprint density at radius 1 is 1.67 bits per heavy atom. The van der Waals surface area contributed by atoms with E-state index in [1.807, 2.05) is 6.07 Å². The maximum Gasteiger partial charge on any atom is 0.319 e. The molecule has 0 aromatic carbocycles. The van der Waals surface area contributed by atoms with Gasteiger partial charge in [-0.3, -0.25) is 10.1 Å². The first-order valence-corrected chi connectivity index (χ1v) is 5.99. The van der Waals surface area contributed by atoms with Gasteiger partial charge in [0.25, 0.3) is 0 Å². The molecular formula is C11H17NO2S. The van der Waals surface area contributed by atoms with E-state index in [4.69, 9.17) is 0 Å². The summed E-state index contributed by atoms with van der Waals surface area (Å²) in [5, 5.41) is 5.26. The molecule has 1 unspecified atom stereocenters. The number of carbonyl (C=O) groups excluding carboxylic acids is 1. The number of ether oxygens (including phenoxy) is 1. The van der Waals surface area contributed by atoms with Crippen LogP contribution in [0.25, 0.3) is 0 Å². The summed E-state index contributed by atoms with van der Waals surface area (Å²) < 4.78 is 4.60. The van der Waals surface area contributed by atoms with E-state index in [2.05, 4.69) is 28.4 Å². The Morgan fingerprint density at radius 3 is 3.00 bits per heavy atom. The largest absolute Gasteiger partial charge is 0.468 e. The van der Waals surface area contributed by atoms with Gasteiger partial charge in [-0.25, -0.2) is 0 Å². The van der Waals surface area contributed by atoms with Crippen LogP contribution in [0.4, 0.5) is 0 Å². The molecule has 0 fully saturated rings. The number of thiophene rings is 1. The number of nitrogens with one attached hydrogen (secondary N) is 1. The number of hydrogen-bond donors (Lipinski definition) is 1. The molecule has 15 heavy (non-hydrogen) atoms. The lowest BCUT2D eigenvalue weighted by Gasteiger charge is -2.15. The molecule has 0 bridgehead atoms. The first-order chi connectivity index (χ1) is 7.27. The van der Waals surface area contributed by atoms with Crippen molar-refractivity contribution in [1.82, 2.24) is 5.32 Å². The third kappa shape index (κ3) is 4.01. The van der Waals surface area contributed by atoms with Crippen LogP contribution in [0.15, 0.2) is 17.5 Å². The second-order valence-corrected chi connectivity index (χ2v) is 4.29. The summed E-state index contributed by atoms with van der Waals surface area (Å²) in [5.41, 5.74) is 0. The number of carbonyl (C=O) groups is 1. The molecule has 1 aromatic heterocycles. The van der Waals surface area contributed by atoms with Crippen LogP contribution in [0.3, 0.4) is 0 Å². The molecule has 0 aliphatic carbocycles. The number of rotatable bonds is 6. The van der Waals surface area contributed by atoms with Gasteiger partial charge in [-0.05, 0) is 17.9 Å². The molecular weight excluding hydrogens is 210 g/mol. The van der Waals surface area contributed by atoms with Gasteiger partial charge < -0.3 is 4.74 Å². The average molecular weight is 227 g/mol. The minimum atomic E-state index is -0.215. The van der Waals surface area contributed by atoms with Crippen LogP contribution in [-0.2, 0) is 9.53 Å². The average Bonchev–Trinajstić information content (AvgIpc) is 2.76. The van der Waals surface area contributed by atoms with Crippen LogP contribution in [0, 0.1) is 0 Å². The lowest BCUT2D eigenvalue weighted by Crippen LogP contribution is -2.27. The molecule has 84 valence electrons. The maximum atomic E-state index is 11.0. The van der Waals surface area contributed by atoms with Gasteiger partial charge >= 0.3 is 5.97 Å². The van der Waals surface area contributed by atoms with Crippen LogP contribution in [-0.4, -0.2) is 19.6 Å². The Morgan fingerprint density at radius 2 is 2.47 bits per heavy atom. The van der Waals surface area contributed by atoms with Gasteiger partial charge in [0.05, 0.1) is 13.7 Å². The Balaban J connectivity index is 2.48. The van der Waals surface area contributed by atoms with Crippen LogP contribution in [0.2, 0.25) is 0 Å². The topological polar surface area (TPSA) is 38.3 Å². The van der Waals surface area contributed by atoms with E-state index in [0.29, 0.717) is 0 Å². The highest BCUT2D eigenvalue weighted by Gasteiger charge is 2.12. The standard InChI is InChI=1S/C11H17NO2S/c1-3-5-9(10-6-4-7-15-10)12-8-11(13)14-2/h4,6-7,9,12H,3,5,8H2,1-2H3. The third-order valence-corrected chi connectivity index (χ3v) is 3.17. The predicted molar refractivity (Wildman–Crippen MR) is 62.0 cm³/mol. The summed E-state index contributed by atoms with van der Waals surface area (Å²) in [4.78, 5) is 12.3. The Hall–Kier alpha value is -0.870. The summed E-state index contributed by atoms with van der Waals surface area (Å²) >= 11 is 1.72. The minimum Gasteiger partial charge on any atom is -0.468 e. The zero-order valence-corrected chi connectivity index (χ0v) is 9.97. The zero-order chi connectivity index (χ0) is 11.1. The van der Waals surface area contributed by atoms with Crippen molar-refractivity contribution in [3.63, 3.8) is 0 Å². The van der Waals surface area contributed by atoms with E-state index in [1.165, 1.54) is 12.0 Å². The van der Waals surface area contributed by atoms with Crippen molar-refractivity contribution in [1.29, 1.82) is 0 Å². The van der Waals surface area contributed by atoms with Crippen LogP contribution in [0.1, 0.15) is 30.7 Å². The summed E-state index contributed by atoms with van der Waals surface area (Å²) in [7, 11) is 1.41. The van der Waals surface area contributed by atoms with Gasteiger partial charge in [0, 0.05) is 10.9 Å². The SMILES string of the molecule is CCCC(NCC(=O)OC)c1cccs1. The summed E-state index contributed by atoms with van der Waals surface area (Å²) in [6, 6.07) is 4.40. The normalized spacial score (nSPS) is 12.4. The molecule has 0 saturated carbocycles. The van der Waals surface area contributed by atoms with Gasteiger partial charge in [-0.1, -0.05) is 19.4 Å². The molecule has 0 radical (unpaired) electrons. The second-order valence-electron chi connectivity index (χ2n) is 3.31. The molecule has 1 atom stereocenters. The summed E-state index contributed by atoms with van der Waals surface area (Å²) in [6.07, 6.45) is 2.13. The molecule has 0 spiro atoms. The van der Waals surface area contributed by atoms with E-state index in [0.717, 1.165) is 12.8 Å². The summed E-state index contributed by atoms with van der Waals surface area (Å²) in [5.74, 6) is -0.215. The fraction of sp³-hybridized carbons (Fsp3) is 0.545. The number of hydrogen-bond acceptors (Lipinski definition) is 4. The Bertz CT molecular complexity index is 285. The Labute approximate surface area is 94.5 Å². The molecule has 0 amide bonds. The maximum absolute atomic E-state index is 11.0. The van der Waals surface area contributed by atoms with Crippen molar-refractivity contribution in [3.05, 3.63) is 22.4 Å². The first kappa shape index (κ1) is 12.2. The van der Waals surface area contributed by atoms with Crippen LogP contribution >= 0.6 is 11.3 Å². The van der Waals surface area contributed by atoms with Crippen molar-refractivity contribution >= 4 is 17.3 Å². The molecule has 1 N–H and O–H groups in total. The fourth-order valence-electron chi connectivity index (χ4n) is 1.40. The van der Waals surface area contributed by atoms with Gasteiger partial charge in [-0.15, -0.1) is 11.3 Å². The lowest BCUT2D eigenvalue weighted by atomic mass is 10.1. The van der Waals surface area contributed by atoms with Crippen molar-refractivity contribution in [2.24, 2.45) is 0 Å². The van der Waals surface area contributed by atoms with Gasteiger partial charge in [-0.2, -0.15) is 0 Å². The molecule has 0 saturated heterocycles. The zero-order valence-electron chi connectivity index (χ0n) is 9.16. The molecule has 1 rings (SSSR count). The van der Waals surface area contributed by atoms with Crippen LogP contribution in [0.5, 0.6) is 0 Å². The van der Waals surface area contributed by atoms with E-state index in [-0.39, 0.29) is 18.6 Å². The van der Waals surface area contributed by atoms with Crippen molar-refractivity contribution in [2.45, 2.75) is 25.8 Å². The van der Waals surface area contributed by atoms with Crippen LogP contribution < -0.4 is 5.32 Å². The van der Waals surface area contributed by atoms with E-state index >= 15 is 0 Å². The minimum absolute atomic E-state index is 0.215. The molecule has 1 heterocycles. The monoisotopic (exact) mass is 227 g/mol. The highest BCUT2D eigenvalue weighted by molar-refractivity contribution is 7.10. The molecule has 3 nitrogen and oxygen atoms in total. The lowest BCUT2D eigenvalue weighted by molar-refractivity contribution is -0.139. The van der Waals surface area contributed by atoms with E-state index in [1.54, 1.807) is 11.3 Å². The fourth-order valence-corrected chi connectivity index (χ4v) is 2.24. The van der Waals surface area contributed by atoms with Gasteiger partial charge in [0.1, 0.15) is 0 Å². The second kappa shape index (κ2) is 6.58. The molecule has 0 aliphatic rings. The third-order valence-electron chi connectivity index (χ3n) is 2.18. The van der Waals surface area contributed by atoms with Gasteiger partial charge in [0.15, 0.2) is 0 Å². The van der Waals surface area contributed by atoms with Crippen molar-refractivity contribution < 1.29 is 9.53 Å². The van der Waals surface area contributed by atoms with Crippen molar-refractivity contribution in [3.8, 4) is 0 Å².